The van der Waals surface area contributed by atoms with Crippen molar-refractivity contribution in [3.8, 4) is 0 Å². The van der Waals surface area contributed by atoms with Gasteiger partial charge in [0.05, 0.1) is 0 Å². The fourth-order valence-electron chi connectivity index (χ4n) is 3.37. The van der Waals surface area contributed by atoms with Gasteiger partial charge in [-0.15, -0.1) is 11.3 Å². The molecule has 1 aromatic rings. The fraction of sp³-hybridized carbons (Fsp3) is 0.750. The minimum absolute atomic E-state index is 0.526. The Labute approximate surface area is 121 Å². The Kier molecular flexibility index (Phi) is 4.25. The van der Waals surface area contributed by atoms with Crippen molar-refractivity contribution in [1.82, 2.24) is 10.2 Å². The van der Waals surface area contributed by atoms with Crippen molar-refractivity contribution in [3.63, 3.8) is 0 Å². The standard InChI is InChI=1S/C16H26N2S/c1-2-16(8-4-9-17-12-16)13-18(14-6-7-14)11-15-5-3-10-19-15/h3,5,10,14,17H,2,4,6-9,11-13H2,1H3. The van der Waals surface area contributed by atoms with Crippen LogP contribution in [0.3, 0.4) is 0 Å². The Morgan fingerprint density at radius 3 is 2.95 bits per heavy atom. The summed E-state index contributed by atoms with van der Waals surface area (Å²) < 4.78 is 0. The van der Waals surface area contributed by atoms with Crippen LogP contribution >= 0.6 is 11.3 Å². The predicted molar refractivity (Wildman–Crippen MR) is 82.6 cm³/mol. The van der Waals surface area contributed by atoms with E-state index in [0.717, 1.165) is 6.04 Å². The molecule has 2 heterocycles. The van der Waals surface area contributed by atoms with Gasteiger partial charge in [-0.25, -0.2) is 0 Å². The number of nitrogens with zero attached hydrogens (tertiary/aromatic N) is 1. The molecule has 1 unspecified atom stereocenters. The van der Waals surface area contributed by atoms with Crippen LogP contribution in [-0.4, -0.2) is 30.6 Å². The van der Waals surface area contributed by atoms with Gasteiger partial charge in [-0.05, 0) is 55.5 Å². The second-order valence-corrected chi connectivity index (χ2v) is 7.38. The van der Waals surface area contributed by atoms with Crippen molar-refractivity contribution in [2.75, 3.05) is 19.6 Å². The molecule has 1 atom stereocenters. The first-order valence-electron chi connectivity index (χ1n) is 7.78. The summed E-state index contributed by atoms with van der Waals surface area (Å²) >= 11 is 1.91. The average Bonchev–Trinajstić information content (AvgIpc) is 3.18. The van der Waals surface area contributed by atoms with E-state index >= 15 is 0 Å². The molecule has 0 aromatic carbocycles. The Hall–Kier alpha value is -0.380. The first kappa shape index (κ1) is 13.6. The highest BCUT2D eigenvalue weighted by Gasteiger charge is 2.37. The average molecular weight is 278 g/mol. The molecule has 1 saturated heterocycles. The molecule has 2 fully saturated rings. The van der Waals surface area contributed by atoms with Crippen LogP contribution in [0.25, 0.3) is 0 Å². The molecule has 0 bridgehead atoms. The maximum Gasteiger partial charge on any atom is 0.0331 e. The molecule has 1 N–H and O–H groups in total. The van der Waals surface area contributed by atoms with Gasteiger partial charge in [-0.1, -0.05) is 13.0 Å². The Balaban J connectivity index is 1.66. The maximum atomic E-state index is 3.63. The third kappa shape index (κ3) is 3.39. The summed E-state index contributed by atoms with van der Waals surface area (Å²) in [4.78, 5) is 4.30. The highest BCUT2D eigenvalue weighted by Crippen LogP contribution is 2.36. The fourth-order valence-corrected chi connectivity index (χ4v) is 4.10. The lowest BCUT2D eigenvalue weighted by molar-refractivity contribution is 0.102. The quantitative estimate of drug-likeness (QED) is 0.857. The molecule has 19 heavy (non-hydrogen) atoms. The molecular formula is C16H26N2S. The third-order valence-corrected chi connectivity index (χ3v) is 5.71. The zero-order chi connectivity index (χ0) is 13.1. The molecule has 0 radical (unpaired) electrons. The number of rotatable bonds is 6. The topological polar surface area (TPSA) is 15.3 Å². The molecule has 1 aliphatic heterocycles. The summed E-state index contributed by atoms with van der Waals surface area (Å²) in [6.45, 7) is 7.28. The minimum atomic E-state index is 0.526. The van der Waals surface area contributed by atoms with Gasteiger partial charge in [-0.2, -0.15) is 0 Å². The third-order valence-electron chi connectivity index (χ3n) is 4.85. The second-order valence-electron chi connectivity index (χ2n) is 6.35. The highest BCUT2D eigenvalue weighted by atomic mass is 32.1. The number of nitrogens with one attached hydrogen (secondary N) is 1. The Bertz CT molecular complexity index is 377. The van der Waals surface area contributed by atoms with Gasteiger partial charge < -0.3 is 5.32 Å². The van der Waals surface area contributed by atoms with Crippen LogP contribution in [0.2, 0.25) is 0 Å². The molecular weight excluding hydrogens is 252 g/mol. The highest BCUT2D eigenvalue weighted by molar-refractivity contribution is 7.09. The van der Waals surface area contributed by atoms with Crippen molar-refractivity contribution < 1.29 is 0 Å². The van der Waals surface area contributed by atoms with Crippen LogP contribution < -0.4 is 5.32 Å². The molecule has 3 heteroatoms. The summed E-state index contributed by atoms with van der Waals surface area (Å²) in [5.74, 6) is 0. The van der Waals surface area contributed by atoms with E-state index in [1.165, 1.54) is 63.2 Å². The van der Waals surface area contributed by atoms with Gasteiger partial charge in [0.25, 0.3) is 0 Å². The normalized spacial score (nSPS) is 27.9. The molecule has 3 rings (SSSR count). The monoisotopic (exact) mass is 278 g/mol. The summed E-state index contributed by atoms with van der Waals surface area (Å²) in [6, 6.07) is 5.34. The second kappa shape index (κ2) is 5.94. The van der Waals surface area contributed by atoms with Gasteiger partial charge in [-0.3, -0.25) is 4.90 Å². The van der Waals surface area contributed by atoms with Gasteiger partial charge in [0.1, 0.15) is 0 Å². The van der Waals surface area contributed by atoms with Crippen LogP contribution in [0.5, 0.6) is 0 Å². The summed E-state index contributed by atoms with van der Waals surface area (Å²) in [7, 11) is 0. The molecule has 106 valence electrons. The molecule has 1 aromatic heterocycles. The van der Waals surface area contributed by atoms with Crippen molar-refractivity contribution >= 4 is 11.3 Å². The van der Waals surface area contributed by atoms with Crippen LogP contribution in [-0.2, 0) is 6.54 Å². The molecule has 1 saturated carbocycles. The number of thiophene rings is 1. The molecule has 2 aliphatic rings. The molecule has 1 aliphatic carbocycles. The van der Waals surface area contributed by atoms with Gasteiger partial charge in [0.15, 0.2) is 0 Å². The van der Waals surface area contributed by atoms with Gasteiger partial charge in [0.2, 0.25) is 0 Å². The first-order chi connectivity index (χ1) is 9.31. The molecule has 2 nitrogen and oxygen atoms in total. The van der Waals surface area contributed by atoms with Crippen molar-refractivity contribution in [2.45, 2.75) is 51.6 Å². The molecule has 0 spiro atoms. The Morgan fingerprint density at radius 1 is 1.47 bits per heavy atom. The van der Waals surface area contributed by atoms with Crippen LogP contribution in [0.1, 0.15) is 43.9 Å². The molecule has 0 amide bonds. The number of hydrogen-bond acceptors (Lipinski definition) is 3. The van der Waals surface area contributed by atoms with Crippen molar-refractivity contribution in [1.29, 1.82) is 0 Å². The largest absolute Gasteiger partial charge is 0.316 e. The lowest BCUT2D eigenvalue weighted by Crippen LogP contribution is -2.47. The van der Waals surface area contributed by atoms with E-state index in [4.69, 9.17) is 0 Å². The van der Waals surface area contributed by atoms with E-state index in [-0.39, 0.29) is 0 Å². The van der Waals surface area contributed by atoms with Gasteiger partial charge >= 0.3 is 0 Å². The van der Waals surface area contributed by atoms with E-state index in [1.807, 2.05) is 11.3 Å². The van der Waals surface area contributed by atoms with E-state index in [9.17, 15) is 0 Å². The van der Waals surface area contributed by atoms with Gasteiger partial charge in [0, 0.05) is 30.6 Å². The van der Waals surface area contributed by atoms with Crippen LogP contribution in [0, 0.1) is 5.41 Å². The zero-order valence-electron chi connectivity index (χ0n) is 12.0. The van der Waals surface area contributed by atoms with Crippen molar-refractivity contribution in [2.24, 2.45) is 5.41 Å². The number of hydrogen-bond donors (Lipinski definition) is 1. The predicted octanol–water partition coefficient (Wildman–Crippen LogP) is 3.49. The van der Waals surface area contributed by atoms with E-state index in [0.29, 0.717) is 5.41 Å². The van der Waals surface area contributed by atoms with Crippen molar-refractivity contribution in [3.05, 3.63) is 22.4 Å². The van der Waals surface area contributed by atoms with Crippen LogP contribution in [0.15, 0.2) is 17.5 Å². The van der Waals surface area contributed by atoms with E-state index in [1.54, 1.807) is 0 Å². The summed E-state index contributed by atoms with van der Waals surface area (Å²) in [5, 5.41) is 5.83. The smallest absolute Gasteiger partial charge is 0.0331 e. The maximum absolute atomic E-state index is 3.63. The summed E-state index contributed by atoms with van der Waals surface area (Å²) in [6.07, 6.45) is 6.90. The lowest BCUT2D eigenvalue weighted by atomic mass is 9.78. The summed E-state index contributed by atoms with van der Waals surface area (Å²) in [5.41, 5.74) is 0.526. The number of piperidine rings is 1. The zero-order valence-corrected chi connectivity index (χ0v) is 12.8. The lowest BCUT2D eigenvalue weighted by Gasteiger charge is -2.41. The SMILES string of the molecule is CCC1(CN(Cc2cccs2)C2CC2)CCCNC1. The minimum Gasteiger partial charge on any atom is -0.316 e. The first-order valence-corrected chi connectivity index (χ1v) is 8.66. The van der Waals surface area contributed by atoms with Crippen LogP contribution in [0.4, 0.5) is 0 Å². The van der Waals surface area contributed by atoms with E-state index in [2.05, 4.69) is 34.7 Å². The van der Waals surface area contributed by atoms with E-state index < -0.39 is 0 Å². The Morgan fingerprint density at radius 2 is 2.37 bits per heavy atom.